The number of nitrogens with zero attached hydrogens (tertiary/aromatic N) is 1. The van der Waals surface area contributed by atoms with Crippen LogP contribution in [0.15, 0.2) is 30.3 Å². The number of nitro benzene ring substituents is 1. The second-order valence-electron chi connectivity index (χ2n) is 14.9. The molecule has 0 radical (unpaired) electrons. The molecule has 3 saturated carbocycles. The monoisotopic (exact) mass is 515 g/mol. The SMILES string of the molecule is CC(C)CCCC(C)C1CCC2C3CCC4Cc5cc6ccccc6c([N+](=O)[O-])c5CC4(C)C3CCC12C. The van der Waals surface area contributed by atoms with Crippen molar-refractivity contribution in [1.29, 1.82) is 0 Å². The topological polar surface area (TPSA) is 43.1 Å². The number of benzene rings is 2. The van der Waals surface area contributed by atoms with Crippen LogP contribution in [0.5, 0.6) is 0 Å². The summed E-state index contributed by atoms with van der Waals surface area (Å²) in [4.78, 5) is 12.4. The normalized spacial score (nSPS) is 36.8. The van der Waals surface area contributed by atoms with E-state index < -0.39 is 0 Å². The van der Waals surface area contributed by atoms with Crippen molar-refractivity contribution in [2.75, 3.05) is 0 Å². The van der Waals surface area contributed by atoms with Gasteiger partial charge in [0.2, 0.25) is 0 Å². The fourth-order valence-electron chi connectivity index (χ4n) is 10.8. The highest BCUT2D eigenvalue weighted by molar-refractivity contribution is 5.93. The lowest BCUT2D eigenvalue weighted by molar-refractivity contribution is -0.384. The highest BCUT2D eigenvalue weighted by Gasteiger charge is 2.60. The van der Waals surface area contributed by atoms with E-state index in [1.54, 1.807) is 0 Å². The molecular weight excluding hydrogens is 466 g/mol. The Morgan fingerprint density at radius 3 is 2.50 bits per heavy atom. The Kier molecular flexibility index (Phi) is 6.67. The van der Waals surface area contributed by atoms with Gasteiger partial charge in [-0.2, -0.15) is 0 Å². The maximum absolute atomic E-state index is 12.4. The summed E-state index contributed by atoms with van der Waals surface area (Å²) >= 11 is 0. The van der Waals surface area contributed by atoms with Gasteiger partial charge in [-0.3, -0.25) is 10.1 Å². The van der Waals surface area contributed by atoms with Crippen molar-refractivity contribution in [2.24, 2.45) is 52.3 Å². The van der Waals surface area contributed by atoms with Crippen LogP contribution in [0.1, 0.15) is 104 Å². The summed E-state index contributed by atoms with van der Waals surface area (Å²) in [6.07, 6.45) is 14.3. The van der Waals surface area contributed by atoms with Crippen LogP contribution in [0, 0.1) is 62.4 Å². The van der Waals surface area contributed by atoms with E-state index in [1.165, 1.54) is 63.4 Å². The second-order valence-corrected chi connectivity index (χ2v) is 14.9. The number of nitro groups is 1. The Morgan fingerprint density at radius 1 is 0.974 bits per heavy atom. The highest BCUT2D eigenvalue weighted by atomic mass is 16.6. The van der Waals surface area contributed by atoms with Gasteiger partial charge in [-0.1, -0.05) is 78.1 Å². The molecule has 8 unspecified atom stereocenters. The molecule has 2 aromatic rings. The summed E-state index contributed by atoms with van der Waals surface area (Å²) < 4.78 is 0. The molecular formula is C35H49NO2. The van der Waals surface area contributed by atoms with Crippen molar-refractivity contribution in [3.8, 4) is 0 Å². The first-order valence-corrected chi connectivity index (χ1v) is 15.8. The van der Waals surface area contributed by atoms with E-state index in [0.29, 0.717) is 22.9 Å². The van der Waals surface area contributed by atoms with E-state index in [2.05, 4.69) is 46.8 Å². The van der Waals surface area contributed by atoms with Crippen LogP contribution in [-0.2, 0) is 12.8 Å². The van der Waals surface area contributed by atoms with Crippen LogP contribution in [0.3, 0.4) is 0 Å². The molecule has 0 aliphatic heterocycles. The van der Waals surface area contributed by atoms with Crippen molar-refractivity contribution >= 4 is 16.5 Å². The van der Waals surface area contributed by atoms with E-state index in [-0.39, 0.29) is 10.3 Å². The molecule has 0 N–H and O–H groups in total. The average molecular weight is 516 g/mol. The first kappa shape index (κ1) is 26.3. The lowest BCUT2D eigenvalue weighted by Gasteiger charge is -2.60. The van der Waals surface area contributed by atoms with Gasteiger partial charge in [-0.25, -0.2) is 0 Å². The van der Waals surface area contributed by atoms with Gasteiger partial charge in [0.05, 0.1) is 10.3 Å². The van der Waals surface area contributed by atoms with Crippen LogP contribution in [0.4, 0.5) is 5.69 Å². The molecule has 4 aliphatic rings. The van der Waals surface area contributed by atoms with Gasteiger partial charge in [0.1, 0.15) is 0 Å². The fraction of sp³-hybridized carbons (Fsp3) is 0.714. The van der Waals surface area contributed by atoms with Crippen molar-refractivity contribution in [2.45, 2.75) is 105 Å². The van der Waals surface area contributed by atoms with Gasteiger partial charge in [-0.15, -0.1) is 0 Å². The minimum absolute atomic E-state index is 0.0780. The average Bonchev–Trinajstić information content (AvgIpc) is 3.23. The van der Waals surface area contributed by atoms with Gasteiger partial charge >= 0.3 is 0 Å². The maximum Gasteiger partial charge on any atom is 0.280 e. The lowest BCUT2D eigenvalue weighted by atomic mass is 9.44. The van der Waals surface area contributed by atoms with E-state index in [1.807, 2.05) is 18.2 Å². The minimum atomic E-state index is -0.0780. The Hall–Kier alpha value is -1.90. The fourth-order valence-corrected chi connectivity index (χ4v) is 10.8. The summed E-state index contributed by atoms with van der Waals surface area (Å²) in [5.74, 6) is 5.57. The Bertz CT molecular complexity index is 1220. The number of hydrogen-bond donors (Lipinski definition) is 0. The third kappa shape index (κ3) is 4.05. The predicted molar refractivity (Wildman–Crippen MR) is 157 cm³/mol. The summed E-state index contributed by atoms with van der Waals surface area (Å²) in [6.45, 7) is 12.5. The molecule has 206 valence electrons. The zero-order valence-corrected chi connectivity index (χ0v) is 24.5. The molecule has 0 saturated heterocycles. The molecule has 6 rings (SSSR count). The van der Waals surface area contributed by atoms with Crippen LogP contribution >= 0.6 is 0 Å². The summed E-state index contributed by atoms with van der Waals surface area (Å²) in [6, 6.07) is 10.3. The number of fused-ring (bicyclic) bond motifs is 7. The zero-order valence-electron chi connectivity index (χ0n) is 24.5. The summed E-state index contributed by atoms with van der Waals surface area (Å²) in [7, 11) is 0. The van der Waals surface area contributed by atoms with E-state index >= 15 is 0 Å². The van der Waals surface area contributed by atoms with Crippen LogP contribution < -0.4 is 0 Å². The molecule has 2 aromatic carbocycles. The Balaban J connectivity index is 1.28. The van der Waals surface area contributed by atoms with E-state index in [9.17, 15) is 10.1 Å². The minimum Gasteiger partial charge on any atom is -0.258 e. The largest absolute Gasteiger partial charge is 0.280 e. The van der Waals surface area contributed by atoms with Gasteiger partial charge < -0.3 is 0 Å². The van der Waals surface area contributed by atoms with E-state index in [0.717, 1.165) is 58.8 Å². The second kappa shape index (κ2) is 9.63. The predicted octanol–water partition coefficient (Wildman–Crippen LogP) is 9.78. The Morgan fingerprint density at radius 2 is 1.74 bits per heavy atom. The third-order valence-corrected chi connectivity index (χ3v) is 12.7. The van der Waals surface area contributed by atoms with Crippen molar-refractivity contribution in [3.63, 3.8) is 0 Å². The molecule has 8 atom stereocenters. The molecule has 4 aliphatic carbocycles. The van der Waals surface area contributed by atoms with Crippen molar-refractivity contribution in [1.82, 2.24) is 0 Å². The van der Waals surface area contributed by atoms with Crippen LogP contribution in [0.2, 0.25) is 0 Å². The highest BCUT2D eigenvalue weighted by Crippen LogP contribution is 2.68. The zero-order chi connectivity index (χ0) is 26.8. The van der Waals surface area contributed by atoms with E-state index in [4.69, 9.17) is 0 Å². The van der Waals surface area contributed by atoms with Gasteiger partial charge in [0.25, 0.3) is 5.69 Å². The Labute approximate surface area is 230 Å². The summed E-state index contributed by atoms with van der Waals surface area (Å²) in [5.41, 5.74) is 3.40. The summed E-state index contributed by atoms with van der Waals surface area (Å²) in [5, 5.41) is 14.3. The molecule has 0 heterocycles. The molecule has 3 fully saturated rings. The van der Waals surface area contributed by atoms with Crippen LogP contribution in [-0.4, -0.2) is 4.92 Å². The standard InChI is InChI=1S/C35H49NO2/c1-22(2)9-8-10-23(3)30-15-16-31-28-14-13-26-20-25-19-24-11-6-7-12-27(24)33(36(37)38)29(25)21-35(26,5)32(28)17-18-34(30,31)4/h6-7,11-12,19,22-23,26,28,30-32H,8-10,13-18,20-21H2,1-5H3. The molecule has 3 heteroatoms. The molecule has 0 aromatic heterocycles. The molecule has 0 amide bonds. The molecule has 0 spiro atoms. The molecule has 38 heavy (non-hydrogen) atoms. The first-order valence-electron chi connectivity index (χ1n) is 15.8. The molecule has 0 bridgehead atoms. The van der Waals surface area contributed by atoms with Crippen molar-refractivity contribution < 1.29 is 4.92 Å². The van der Waals surface area contributed by atoms with Crippen LogP contribution in [0.25, 0.3) is 10.8 Å². The maximum atomic E-state index is 12.4. The smallest absolute Gasteiger partial charge is 0.258 e. The third-order valence-electron chi connectivity index (χ3n) is 12.7. The first-order chi connectivity index (χ1) is 18.1. The lowest BCUT2D eigenvalue weighted by Crippen LogP contribution is -2.54. The van der Waals surface area contributed by atoms with Crippen molar-refractivity contribution in [3.05, 3.63) is 51.6 Å². The van der Waals surface area contributed by atoms with Gasteiger partial charge in [-0.05, 0) is 121 Å². The van der Waals surface area contributed by atoms with Gasteiger partial charge in [0.15, 0.2) is 0 Å². The molecule has 3 nitrogen and oxygen atoms in total. The number of rotatable bonds is 6. The quantitative estimate of drug-likeness (QED) is 0.284. The van der Waals surface area contributed by atoms with Gasteiger partial charge in [0, 0.05) is 5.56 Å². The number of hydrogen-bond acceptors (Lipinski definition) is 2.